The van der Waals surface area contributed by atoms with Gasteiger partial charge in [0.25, 0.3) is 0 Å². The fraction of sp³-hybridized carbons (Fsp3) is 0.357. The minimum absolute atomic E-state index is 0.378. The molecule has 0 spiro atoms. The highest BCUT2D eigenvalue weighted by Crippen LogP contribution is 2.36. The van der Waals surface area contributed by atoms with Gasteiger partial charge < -0.3 is 5.11 Å². The summed E-state index contributed by atoms with van der Waals surface area (Å²) in [6, 6.07) is 9.29. The predicted octanol–water partition coefficient (Wildman–Crippen LogP) is 2.87. The molecule has 0 saturated carbocycles. The first-order chi connectivity index (χ1) is 9.87. The van der Waals surface area contributed by atoms with E-state index in [0.717, 1.165) is 5.56 Å². The van der Waals surface area contributed by atoms with Crippen LogP contribution in [0.5, 0.6) is 0 Å². The van der Waals surface area contributed by atoms with Crippen LogP contribution in [0.1, 0.15) is 15.4 Å². The molecular formula is C14H13F3N2OS. The van der Waals surface area contributed by atoms with Gasteiger partial charge in [-0.25, -0.2) is 4.98 Å². The van der Waals surface area contributed by atoms with Crippen molar-refractivity contribution in [2.45, 2.75) is 18.3 Å². The Morgan fingerprint density at radius 3 is 2.48 bits per heavy atom. The van der Waals surface area contributed by atoms with E-state index in [4.69, 9.17) is 0 Å². The Kier molecular flexibility index (Phi) is 3.51. The van der Waals surface area contributed by atoms with Crippen LogP contribution in [-0.4, -0.2) is 28.1 Å². The van der Waals surface area contributed by atoms with Crippen molar-refractivity contribution in [2.24, 2.45) is 0 Å². The van der Waals surface area contributed by atoms with Crippen LogP contribution in [0.2, 0.25) is 0 Å². The van der Waals surface area contributed by atoms with E-state index >= 15 is 0 Å². The van der Waals surface area contributed by atoms with Crippen molar-refractivity contribution in [3.63, 3.8) is 0 Å². The van der Waals surface area contributed by atoms with E-state index in [-0.39, 0.29) is 0 Å². The molecule has 7 heteroatoms. The molecule has 112 valence electrons. The molecule has 1 aromatic carbocycles. The molecule has 1 saturated heterocycles. The summed E-state index contributed by atoms with van der Waals surface area (Å²) >= 11 is 0.654. The molecule has 1 aliphatic heterocycles. The van der Waals surface area contributed by atoms with Crippen LogP contribution < -0.4 is 0 Å². The highest BCUT2D eigenvalue weighted by atomic mass is 32.1. The molecule has 0 radical (unpaired) electrons. The topological polar surface area (TPSA) is 36.4 Å². The Morgan fingerprint density at radius 2 is 1.90 bits per heavy atom. The molecule has 1 fully saturated rings. The second-order valence-electron chi connectivity index (χ2n) is 5.17. The lowest BCUT2D eigenvalue weighted by Gasteiger charge is -2.46. The Morgan fingerprint density at radius 1 is 1.24 bits per heavy atom. The molecule has 2 heterocycles. The summed E-state index contributed by atoms with van der Waals surface area (Å²) in [6.45, 7) is 1.20. The van der Waals surface area contributed by atoms with Gasteiger partial charge in [0.2, 0.25) is 0 Å². The Balaban J connectivity index is 1.61. The molecule has 0 atom stereocenters. The number of hydrogen-bond acceptors (Lipinski definition) is 4. The quantitative estimate of drug-likeness (QED) is 0.946. The zero-order valence-corrected chi connectivity index (χ0v) is 11.8. The molecule has 0 amide bonds. The second-order valence-corrected chi connectivity index (χ2v) is 6.29. The first-order valence-corrected chi connectivity index (χ1v) is 7.21. The van der Waals surface area contributed by atoms with E-state index in [1.54, 1.807) is 0 Å². The van der Waals surface area contributed by atoms with Crippen LogP contribution in [0.15, 0.2) is 36.5 Å². The van der Waals surface area contributed by atoms with E-state index in [1.165, 1.54) is 6.20 Å². The van der Waals surface area contributed by atoms with Crippen molar-refractivity contribution in [2.75, 3.05) is 13.1 Å². The van der Waals surface area contributed by atoms with Gasteiger partial charge in [-0.2, -0.15) is 13.2 Å². The standard InChI is InChI=1S/C14H13F3N2OS/c15-14(16,17)12-18-6-11(21-12)7-19-8-13(20,9-19)10-4-2-1-3-5-10/h1-6,20H,7-9H2. The maximum absolute atomic E-state index is 12.5. The number of aliphatic hydroxyl groups is 1. The lowest BCUT2D eigenvalue weighted by molar-refractivity contribution is -0.137. The summed E-state index contributed by atoms with van der Waals surface area (Å²) in [5, 5.41) is 9.61. The normalized spacial score (nSPS) is 18.5. The summed E-state index contributed by atoms with van der Waals surface area (Å²) < 4.78 is 37.4. The SMILES string of the molecule is OC1(c2ccccc2)CN(Cc2cnc(C(F)(F)F)s2)C1. The van der Waals surface area contributed by atoms with Crippen LogP contribution in [0.4, 0.5) is 13.2 Å². The maximum atomic E-state index is 12.5. The summed E-state index contributed by atoms with van der Waals surface area (Å²) in [7, 11) is 0. The number of hydrogen-bond donors (Lipinski definition) is 1. The fourth-order valence-corrected chi connectivity index (χ4v) is 3.29. The molecule has 3 nitrogen and oxygen atoms in total. The minimum atomic E-state index is -4.39. The van der Waals surface area contributed by atoms with Crippen molar-refractivity contribution in [1.29, 1.82) is 0 Å². The van der Waals surface area contributed by atoms with E-state index in [0.29, 0.717) is 35.8 Å². The Labute approximate surface area is 123 Å². The number of benzene rings is 1. The van der Waals surface area contributed by atoms with Gasteiger partial charge >= 0.3 is 6.18 Å². The van der Waals surface area contributed by atoms with Crippen molar-refractivity contribution in [1.82, 2.24) is 9.88 Å². The molecule has 3 rings (SSSR count). The second kappa shape index (κ2) is 5.08. The monoisotopic (exact) mass is 314 g/mol. The lowest BCUT2D eigenvalue weighted by atomic mass is 9.86. The molecule has 2 aromatic rings. The highest BCUT2D eigenvalue weighted by Gasteiger charge is 2.42. The number of nitrogens with zero attached hydrogens (tertiary/aromatic N) is 2. The molecule has 1 N–H and O–H groups in total. The van der Waals surface area contributed by atoms with Gasteiger partial charge in [-0.3, -0.25) is 4.90 Å². The Hall–Kier alpha value is -1.44. The molecule has 1 aromatic heterocycles. The number of aromatic nitrogens is 1. The van der Waals surface area contributed by atoms with Gasteiger partial charge in [0, 0.05) is 30.7 Å². The zero-order chi connectivity index (χ0) is 15.1. The number of alkyl halides is 3. The maximum Gasteiger partial charge on any atom is 0.443 e. The third kappa shape index (κ3) is 2.95. The smallest absolute Gasteiger partial charge is 0.382 e. The number of likely N-dealkylation sites (tertiary alicyclic amines) is 1. The first kappa shape index (κ1) is 14.5. The zero-order valence-electron chi connectivity index (χ0n) is 11.0. The minimum Gasteiger partial charge on any atom is -0.382 e. The molecule has 0 unspecified atom stereocenters. The van der Waals surface area contributed by atoms with Crippen LogP contribution in [0.3, 0.4) is 0 Å². The van der Waals surface area contributed by atoms with E-state index in [2.05, 4.69) is 4.98 Å². The van der Waals surface area contributed by atoms with Gasteiger partial charge in [-0.1, -0.05) is 30.3 Å². The van der Waals surface area contributed by atoms with Crippen molar-refractivity contribution in [3.05, 3.63) is 52.0 Å². The molecule has 1 aliphatic rings. The lowest BCUT2D eigenvalue weighted by Crippen LogP contribution is -2.58. The molecule has 0 aliphatic carbocycles. The number of β-amino-alcohol motifs (C(OH)–C–C–N with tert-alkyl or cyclic N) is 1. The van der Waals surface area contributed by atoms with Gasteiger partial charge in [-0.05, 0) is 5.56 Å². The summed E-state index contributed by atoms with van der Waals surface area (Å²) in [6.07, 6.45) is -3.13. The number of rotatable bonds is 3. The highest BCUT2D eigenvalue weighted by molar-refractivity contribution is 7.11. The van der Waals surface area contributed by atoms with Crippen LogP contribution in [-0.2, 0) is 18.3 Å². The van der Waals surface area contributed by atoms with Gasteiger partial charge in [0.1, 0.15) is 5.60 Å². The van der Waals surface area contributed by atoms with Crippen molar-refractivity contribution < 1.29 is 18.3 Å². The van der Waals surface area contributed by atoms with E-state index < -0.39 is 16.8 Å². The predicted molar refractivity (Wildman–Crippen MR) is 72.7 cm³/mol. The van der Waals surface area contributed by atoms with Crippen molar-refractivity contribution in [3.8, 4) is 0 Å². The number of thiazole rings is 1. The van der Waals surface area contributed by atoms with E-state index in [1.807, 2.05) is 35.2 Å². The Bertz CT molecular complexity index is 621. The van der Waals surface area contributed by atoms with Gasteiger partial charge in [0.05, 0.1) is 0 Å². The summed E-state index contributed by atoms with van der Waals surface area (Å²) in [5.74, 6) is 0. The van der Waals surface area contributed by atoms with E-state index in [9.17, 15) is 18.3 Å². The van der Waals surface area contributed by atoms with Crippen molar-refractivity contribution >= 4 is 11.3 Å². The average molecular weight is 314 g/mol. The third-order valence-electron chi connectivity index (χ3n) is 3.46. The summed E-state index contributed by atoms with van der Waals surface area (Å²) in [4.78, 5) is 5.85. The average Bonchev–Trinajstić information content (AvgIpc) is 2.86. The number of halogens is 3. The van der Waals surface area contributed by atoms with Gasteiger partial charge in [0.15, 0.2) is 5.01 Å². The van der Waals surface area contributed by atoms with Crippen LogP contribution in [0, 0.1) is 0 Å². The summed E-state index contributed by atoms with van der Waals surface area (Å²) in [5.41, 5.74) is -0.0692. The molecule has 21 heavy (non-hydrogen) atoms. The first-order valence-electron chi connectivity index (χ1n) is 6.39. The molecular weight excluding hydrogens is 301 g/mol. The van der Waals surface area contributed by atoms with Gasteiger partial charge in [-0.15, -0.1) is 11.3 Å². The fourth-order valence-electron chi connectivity index (χ4n) is 2.47. The van der Waals surface area contributed by atoms with Crippen LogP contribution in [0.25, 0.3) is 0 Å². The molecule has 0 bridgehead atoms. The van der Waals surface area contributed by atoms with Crippen LogP contribution >= 0.6 is 11.3 Å². The third-order valence-corrected chi connectivity index (χ3v) is 4.48. The largest absolute Gasteiger partial charge is 0.443 e.